The number of aryl methyl sites for hydroxylation is 1. The van der Waals surface area contributed by atoms with Gasteiger partial charge in [-0.2, -0.15) is 16.4 Å². The number of halogens is 1. The molecule has 8 heteroatoms. The van der Waals surface area contributed by atoms with Crippen molar-refractivity contribution in [3.63, 3.8) is 0 Å². The van der Waals surface area contributed by atoms with Gasteiger partial charge in [0.2, 0.25) is 0 Å². The highest BCUT2D eigenvalue weighted by Crippen LogP contribution is 2.33. The second-order valence-electron chi connectivity index (χ2n) is 6.58. The van der Waals surface area contributed by atoms with Crippen LogP contribution >= 0.6 is 22.7 Å². The van der Waals surface area contributed by atoms with E-state index < -0.39 is 5.60 Å². The molecular formula is C21H18FN3O2S2. The fraction of sp³-hybridized carbons (Fsp3) is 0.143. The average molecular weight is 428 g/mol. The van der Waals surface area contributed by atoms with Crippen LogP contribution < -0.4 is 5.32 Å². The second kappa shape index (κ2) is 7.90. The Labute approximate surface area is 175 Å². The van der Waals surface area contributed by atoms with Gasteiger partial charge in [-0.3, -0.25) is 9.48 Å². The predicted molar refractivity (Wildman–Crippen MR) is 113 cm³/mol. The fourth-order valence-electron chi connectivity index (χ4n) is 3.09. The molecule has 148 valence electrons. The Kier molecular flexibility index (Phi) is 5.31. The molecule has 4 rings (SSSR count). The Hall–Kier alpha value is -2.81. The van der Waals surface area contributed by atoms with Gasteiger partial charge in [-0.05, 0) is 58.6 Å². The normalized spacial score (nSPS) is 13.2. The predicted octanol–water partition coefficient (Wildman–Crippen LogP) is 4.02. The molecule has 0 saturated heterocycles. The molecular weight excluding hydrogens is 409 g/mol. The van der Waals surface area contributed by atoms with Crippen molar-refractivity contribution in [2.75, 3.05) is 6.54 Å². The number of nitrogens with zero attached hydrogens (tertiary/aromatic N) is 2. The number of nitrogens with one attached hydrogen (secondary N) is 1. The highest BCUT2D eigenvalue weighted by atomic mass is 32.1. The molecule has 29 heavy (non-hydrogen) atoms. The molecule has 3 aromatic heterocycles. The first-order valence-corrected chi connectivity index (χ1v) is 10.7. The molecule has 3 heterocycles. The number of hydrogen-bond acceptors (Lipinski definition) is 5. The summed E-state index contributed by atoms with van der Waals surface area (Å²) in [4.78, 5) is 13.6. The highest BCUT2D eigenvalue weighted by molar-refractivity contribution is 7.10. The van der Waals surface area contributed by atoms with Crippen LogP contribution in [0.2, 0.25) is 0 Å². The number of aliphatic hydroxyl groups is 1. The molecule has 1 atom stereocenters. The van der Waals surface area contributed by atoms with E-state index in [1.807, 2.05) is 34.3 Å². The number of benzene rings is 1. The Bertz CT molecular complexity index is 1070. The van der Waals surface area contributed by atoms with Gasteiger partial charge in [-0.1, -0.05) is 6.07 Å². The molecule has 0 spiro atoms. The van der Waals surface area contributed by atoms with Crippen molar-refractivity contribution in [3.05, 3.63) is 86.6 Å². The molecule has 1 amide bonds. The Balaban J connectivity index is 1.55. The summed E-state index contributed by atoms with van der Waals surface area (Å²) in [5, 5.41) is 24.2. The van der Waals surface area contributed by atoms with E-state index >= 15 is 0 Å². The van der Waals surface area contributed by atoms with E-state index in [1.165, 1.54) is 39.5 Å². The summed E-state index contributed by atoms with van der Waals surface area (Å²) in [7, 11) is 1.67. The van der Waals surface area contributed by atoms with E-state index in [0.29, 0.717) is 11.4 Å². The van der Waals surface area contributed by atoms with E-state index in [4.69, 9.17) is 0 Å². The first-order valence-electron chi connectivity index (χ1n) is 8.84. The van der Waals surface area contributed by atoms with Crippen LogP contribution in [0.1, 0.15) is 20.9 Å². The minimum absolute atomic E-state index is 0.0279. The maximum atomic E-state index is 13.1. The molecule has 1 aromatic carbocycles. The second-order valence-corrected chi connectivity index (χ2v) is 8.31. The van der Waals surface area contributed by atoms with E-state index in [-0.39, 0.29) is 18.3 Å². The topological polar surface area (TPSA) is 67.2 Å². The van der Waals surface area contributed by atoms with Gasteiger partial charge in [0.1, 0.15) is 17.1 Å². The van der Waals surface area contributed by atoms with Gasteiger partial charge < -0.3 is 10.4 Å². The molecule has 0 aliphatic rings. The van der Waals surface area contributed by atoms with E-state index in [2.05, 4.69) is 10.4 Å². The summed E-state index contributed by atoms with van der Waals surface area (Å²) >= 11 is 2.93. The zero-order valence-electron chi connectivity index (χ0n) is 15.5. The third-order valence-electron chi connectivity index (χ3n) is 4.68. The average Bonchev–Trinajstić information content (AvgIpc) is 3.48. The summed E-state index contributed by atoms with van der Waals surface area (Å²) in [5.41, 5.74) is 1.08. The number of carbonyl (C=O) groups excluding carboxylic acids is 1. The summed E-state index contributed by atoms with van der Waals surface area (Å²) in [5.74, 6) is -0.678. The van der Waals surface area contributed by atoms with E-state index in [9.17, 15) is 14.3 Å². The maximum Gasteiger partial charge on any atom is 0.269 e. The van der Waals surface area contributed by atoms with Crippen molar-refractivity contribution in [1.82, 2.24) is 15.1 Å². The quantitative estimate of drug-likeness (QED) is 0.489. The number of rotatable bonds is 6. The molecule has 0 aliphatic heterocycles. The van der Waals surface area contributed by atoms with Gasteiger partial charge in [0.05, 0.1) is 12.2 Å². The summed E-state index contributed by atoms with van der Waals surface area (Å²) in [6.45, 7) is 0.0279. The van der Waals surface area contributed by atoms with Crippen LogP contribution in [0.25, 0.3) is 11.3 Å². The Morgan fingerprint density at radius 3 is 2.69 bits per heavy atom. The zero-order chi connectivity index (χ0) is 20.4. The van der Waals surface area contributed by atoms with Gasteiger partial charge in [0, 0.05) is 23.1 Å². The van der Waals surface area contributed by atoms with Crippen LogP contribution in [0.4, 0.5) is 4.39 Å². The molecule has 0 saturated carbocycles. The highest BCUT2D eigenvalue weighted by Gasteiger charge is 2.34. The van der Waals surface area contributed by atoms with Gasteiger partial charge in [-0.15, -0.1) is 11.3 Å². The van der Waals surface area contributed by atoms with Gasteiger partial charge in [0.15, 0.2) is 0 Å². The molecule has 1 unspecified atom stereocenters. The van der Waals surface area contributed by atoms with Crippen molar-refractivity contribution in [3.8, 4) is 11.3 Å². The largest absolute Gasteiger partial charge is 0.378 e. The standard InChI is InChI=1S/C21H18FN3O2S2/c1-25-18(11-17(24-25)14-4-6-16(22)7-5-14)20(26)23-13-21(27,15-8-10-28-12-15)19-3-2-9-29-19/h2-12,27H,13H2,1H3,(H,23,26). The smallest absolute Gasteiger partial charge is 0.269 e. The SMILES string of the molecule is Cn1nc(-c2ccc(F)cc2)cc1C(=O)NCC(O)(c1ccsc1)c1cccs1. The molecule has 0 radical (unpaired) electrons. The molecule has 4 aromatic rings. The van der Waals surface area contributed by atoms with Crippen LogP contribution in [0.15, 0.2) is 64.7 Å². The lowest BCUT2D eigenvalue weighted by Crippen LogP contribution is -2.41. The summed E-state index contributed by atoms with van der Waals surface area (Å²) in [6, 6.07) is 13.2. The minimum Gasteiger partial charge on any atom is -0.378 e. The van der Waals surface area contributed by atoms with E-state index in [0.717, 1.165) is 16.0 Å². The zero-order valence-corrected chi connectivity index (χ0v) is 17.1. The van der Waals surface area contributed by atoms with E-state index in [1.54, 1.807) is 25.2 Å². The Morgan fingerprint density at radius 1 is 1.24 bits per heavy atom. The van der Waals surface area contributed by atoms with Gasteiger partial charge in [0.25, 0.3) is 5.91 Å². The van der Waals surface area contributed by atoms with Crippen LogP contribution in [-0.4, -0.2) is 27.3 Å². The molecule has 5 nitrogen and oxygen atoms in total. The van der Waals surface area contributed by atoms with Crippen molar-refractivity contribution in [1.29, 1.82) is 0 Å². The van der Waals surface area contributed by atoms with Gasteiger partial charge >= 0.3 is 0 Å². The first kappa shape index (κ1) is 19.5. The van der Waals surface area contributed by atoms with Crippen LogP contribution in [0, 0.1) is 5.82 Å². The monoisotopic (exact) mass is 427 g/mol. The molecule has 0 bridgehead atoms. The first-order chi connectivity index (χ1) is 14.0. The molecule has 0 fully saturated rings. The maximum absolute atomic E-state index is 13.1. The molecule has 2 N–H and O–H groups in total. The van der Waals surface area contributed by atoms with Crippen molar-refractivity contribution < 1.29 is 14.3 Å². The third-order valence-corrected chi connectivity index (χ3v) is 6.39. The third kappa shape index (κ3) is 3.87. The Morgan fingerprint density at radius 2 is 2.03 bits per heavy atom. The lowest BCUT2D eigenvalue weighted by atomic mass is 9.94. The minimum atomic E-state index is -1.30. The molecule has 0 aliphatic carbocycles. The van der Waals surface area contributed by atoms with Crippen LogP contribution in [0.3, 0.4) is 0 Å². The number of thiophene rings is 2. The number of carbonyl (C=O) groups is 1. The van der Waals surface area contributed by atoms with Crippen molar-refractivity contribution >= 4 is 28.6 Å². The number of amides is 1. The van der Waals surface area contributed by atoms with Crippen molar-refractivity contribution in [2.24, 2.45) is 7.05 Å². The lowest BCUT2D eigenvalue weighted by molar-refractivity contribution is 0.0715. The van der Waals surface area contributed by atoms with Crippen molar-refractivity contribution in [2.45, 2.75) is 5.60 Å². The summed E-state index contributed by atoms with van der Waals surface area (Å²) < 4.78 is 14.6. The van der Waals surface area contributed by atoms with Crippen LogP contribution in [0.5, 0.6) is 0 Å². The number of hydrogen-bond donors (Lipinski definition) is 2. The van der Waals surface area contributed by atoms with Crippen LogP contribution in [-0.2, 0) is 12.6 Å². The summed E-state index contributed by atoms with van der Waals surface area (Å²) in [6.07, 6.45) is 0. The lowest BCUT2D eigenvalue weighted by Gasteiger charge is -2.26. The number of aromatic nitrogens is 2. The van der Waals surface area contributed by atoms with Gasteiger partial charge in [-0.25, -0.2) is 4.39 Å². The fourth-order valence-corrected chi connectivity index (χ4v) is 4.66.